The molecule has 1 rings (SSSR count). The van der Waals surface area contributed by atoms with Gasteiger partial charge < -0.3 is 5.73 Å². The Bertz CT molecular complexity index is 332. The number of alkyl halides is 1. The highest BCUT2D eigenvalue weighted by Gasteiger charge is 2.05. The van der Waals surface area contributed by atoms with E-state index in [0.717, 1.165) is 0 Å². The molecule has 13 heavy (non-hydrogen) atoms. The lowest BCUT2D eigenvalue weighted by Gasteiger charge is -2.02. The molecule has 2 nitrogen and oxygen atoms in total. The second-order valence-corrected chi connectivity index (χ2v) is 4.40. The Labute approximate surface area is 83.3 Å². The van der Waals surface area contributed by atoms with Crippen LogP contribution in [0.5, 0.6) is 0 Å². The van der Waals surface area contributed by atoms with E-state index < -0.39 is 17.5 Å². The highest BCUT2D eigenvalue weighted by Crippen LogP contribution is 2.21. The monoisotopic (exact) mass is 221 g/mol. The van der Waals surface area contributed by atoms with Crippen LogP contribution >= 0.6 is 11.6 Å². The van der Waals surface area contributed by atoms with Gasteiger partial charge in [0, 0.05) is 4.90 Å². The zero-order valence-corrected chi connectivity index (χ0v) is 8.37. The van der Waals surface area contributed by atoms with Crippen LogP contribution in [0.2, 0.25) is 5.02 Å². The molecule has 1 aromatic rings. The number of hydrogen-bond donors (Lipinski definition) is 1. The highest BCUT2D eigenvalue weighted by atomic mass is 35.5. The summed E-state index contributed by atoms with van der Waals surface area (Å²) in [6, 6.07) is 4.66. The van der Waals surface area contributed by atoms with Crippen molar-refractivity contribution in [3.63, 3.8) is 0 Å². The van der Waals surface area contributed by atoms with E-state index in [1.54, 1.807) is 12.1 Å². The van der Waals surface area contributed by atoms with E-state index in [-0.39, 0.29) is 5.75 Å². The average Bonchev–Trinajstić information content (AvgIpc) is 2.10. The fraction of sp³-hybridized carbons (Fsp3) is 0.250. The molecular formula is C8H9ClFNOS. The third-order valence-electron chi connectivity index (χ3n) is 1.50. The number of nitrogens with two attached hydrogens (primary N) is 1. The smallest absolute Gasteiger partial charge is 0.101 e. The summed E-state index contributed by atoms with van der Waals surface area (Å²) in [5.41, 5.74) is 5.89. The summed E-state index contributed by atoms with van der Waals surface area (Å²) < 4.78 is 23.1. The normalized spacial score (nSPS) is 12.8. The molecule has 0 aliphatic rings. The number of hydrogen-bond acceptors (Lipinski definition) is 2. The fourth-order valence-electron chi connectivity index (χ4n) is 0.837. The van der Waals surface area contributed by atoms with Crippen LogP contribution in [0, 0.1) is 0 Å². The van der Waals surface area contributed by atoms with Crippen LogP contribution in [0.4, 0.5) is 10.1 Å². The minimum absolute atomic E-state index is 0.000245. The lowest BCUT2D eigenvalue weighted by atomic mass is 10.3. The van der Waals surface area contributed by atoms with E-state index in [2.05, 4.69) is 0 Å². The van der Waals surface area contributed by atoms with E-state index in [4.69, 9.17) is 17.3 Å². The average molecular weight is 222 g/mol. The maximum absolute atomic E-state index is 11.9. The maximum Gasteiger partial charge on any atom is 0.101 e. The Hall–Kier alpha value is -0.610. The summed E-state index contributed by atoms with van der Waals surface area (Å²) in [4.78, 5) is 0.511. The van der Waals surface area contributed by atoms with Crippen LogP contribution in [0.25, 0.3) is 0 Å². The molecule has 0 spiro atoms. The zero-order chi connectivity index (χ0) is 9.84. The van der Waals surface area contributed by atoms with Gasteiger partial charge >= 0.3 is 0 Å². The summed E-state index contributed by atoms with van der Waals surface area (Å²) >= 11 is 5.70. The summed E-state index contributed by atoms with van der Waals surface area (Å²) in [5, 5.41) is 0.352. The van der Waals surface area contributed by atoms with Crippen molar-refractivity contribution in [3.05, 3.63) is 23.2 Å². The van der Waals surface area contributed by atoms with Crippen LogP contribution in [-0.2, 0) is 10.8 Å². The molecule has 0 heterocycles. The second-order valence-electron chi connectivity index (χ2n) is 2.42. The molecule has 0 amide bonds. The minimum Gasteiger partial charge on any atom is -0.398 e. The molecule has 72 valence electrons. The molecule has 5 heteroatoms. The number of anilines is 1. The van der Waals surface area contributed by atoms with Crippen LogP contribution in [0.15, 0.2) is 23.1 Å². The number of rotatable bonds is 3. The molecule has 0 radical (unpaired) electrons. The van der Waals surface area contributed by atoms with Crippen LogP contribution < -0.4 is 5.73 Å². The van der Waals surface area contributed by atoms with Gasteiger partial charge in [-0.15, -0.1) is 0 Å². The van der Waals surface area contributed by atoms with Crippen molar-refractivity contribution in [1.82, 2.24) is 0 Å². The van der Waals surface area contributed by atoms with Gasteiger partial charge in [0.25, 0.3) is 0 Å². The minimum atomic E-state index is -1.32. The third kappa shape index (κ3) is 2.67. The molecular weight excluding hydrogens is 213 g/mol. The van der Waals surface area contributed by atoms with Crippen molar-refractivity contribution in [2.45, 2.75) is 4.90 Å². The summed E-state index contributed by atoms with van der Waals surface area (Å²) in [5.74, 6) is 0.000245. The molecule has 1 atom stereocenters. The SMILES string of the molecule is Nc1ccc(S(=O)CCF)cc1Cl. The van der Waals surface area contributed by atoms with Crippen molar-refractivity contribution in [2.75, 3.05) is 18.2 Å². The molecule has 1 unspecified atom stereocenters. The molecule has 2 N–H and O–H groups in total. The highest BCUT2D eigenvalue weighted by molar-refractivity contribution is 7.85. The van der Waals surface area contributed by atoms with Gasteiger partial charge in [0.1, 0.15) is 6.67 Å². The van der Waals surface area contributed by atoms with Gasteiger partial charge in [0.05, 0.1) is 27.3 Å². The molecule has 0 saturated heterocycles. The number of benzene rings is 1. The first-order chi connectivity index (χ1) is 6.15. The van der Waals surface area contributed by atoms with Gasteiger partial charge in [-0.05, 0) is 18.2 Å². The van der Waals surface area contributed by atoms with Gasteiger partial charge in [0.2, 0.25) is 0 Å². The van der Waals surface area contributed by atoms with Crippen LogP contribution in [0.3, 0.4) is 0 Å². The summed E-state index contributed by atoms with van der Waals surface area (Å²) in [7, 11) is -1.32. The van der Waals surface area contributed by atoms with Gasteiger partial charge in [-0.3, -0.25) is 8.60 Å². The third-order valence-corrected chi connectivity index (χ3v) is 3.13. The van der Waals surface area contributed by atoms with Crippen LogP contribution in [0.1, 0.15) is 0 Å². The lowest BCUT2D eigenvalue weighted by molar-refractivity contribution is 0.528. The van der Waals surface area contributed by atoms with Gasteiger partial charge in [-0.25, -0.2) is 0 Å². The first-order valence-corrected chi connectivity index (χ1v) is 5.34. The quantitative estimate of drug-likeness (QED) is 0.794. The first kappa shape index (κ1) is 10.5. The number of nitrogen functional groups attached to an aromatic ring is 1. The predicted octanol–water partition coefficient (Wildman–Crippen LogP) is 2.00. The van der Waals surface area contributed by atoms with E-state index >= 15 is 0 Å². The van der Waals surface area contributed by atoms with Gasteiger partial charge in [-0.1, -0.05) is 11.6 Å². The van der Waals surface area contributed by atoms with Crippen molar-refractivity contribution < 1.29 is 8.60 Å². The molecule has 0 aliphatic heterocycles. The van der Waals surface area contributed by atoms with E-state index in [1.807, 2.05) is 0 Å². The summed E-state index contributed by atoms with van der Waals surface area (Å²) in [6.45, 7) is -0.603. The Morgan fingerprint density at radius 1 is 1.54 bits per heavy atom. The lowest BCUT2D eigenvalue weighted by Crippen LogP contribution is -2.00. The second kappa shape index (κ2) is 4.58. The Morgan fingerprint density at radius 2 is 2.23 bits per heavy atom. The van der Waals surface area contributed by atoms with Crippen molar-refractivity contribution in [3.8, 4) is 0 Å². The molecule has 1 aromatic carbocycles. The molecule has 0 fully saturated rings. The van der Waals surface area contributed by atoms with Crippen LogP contribution in [-0.4, -0.2) is 16.6 Å². The van der Waals surface area contributed by atoms with Crippen molar-refractivity contribution in [1.29, 1.82) is 0 Å². The topological polar surface area (TPSA) is 43.1 Å². The van der Waals surface area contributed by atoms with E-state index in [1.165, 1.54) is 6.07 Å². The maximum atomic E-state index is 11.9. The fourth-order valence-corrected chi connectivity index (χ4v) is 1.93. The van der Waals surface area contributed by atoms with Crippen molar-refractivity contribution in [2.24, 2.45) is 0 Å². The zero-order valence-electron chi connectivity index (χ0n) is 6.80. The Morgan fingerprint density at radius 3 is 2.77 bits per heavy atom. The van der Waals surface area contributed by atoms with E-state index in [9.17, 15) is 8.60 Å². The largest absolute Gasteiger partial charge is 0.398 e. The number of halogens is 2. The van der Waals surface area contributed by atoms with Gasteiger partial charge in [-0.2, -0.15) is 0 Å². The molecule has 0 aliphatic carbocycles. The molecule has 0 saturated carbocycles. The van der Waals surface area contributed by atoms with Gasteiger partial charge in [0.15, 0.2) is 0 Å². The molecule has 0 bridgehead atoms. The summed E-state index contributed by atoms with van der Waals surface area (Å²) in [6.07, 6.45) is 0. The molecule has 0 aromatic heterocycles. The Balaban J connectivity index is 2.90. The van der Waals surface area contributed by atoms with Crippen molar-refractivity contribution >= 4 is 28.1 Å². The standard InChI is InChI=1S/C8H9ClFNOS/c9-7-5-6(1-2-8(7)11)13(12)4-3-10/h1-2,5H,3-4,11H2. The Kier molecular flexibility index (Phi) is 3.69. The first-order valence-electron chi connectivity index (χ1n) is 3.64. The predicted molar refractivity (Wildman–Crippen MR) is 53.1 cm³/mol. The van der Waals surface area contributed by atoms with E-state index in [0.29, 0.717) is 15.6 Å².